The van der Waals surface area contributed by atoms with Crippen LogP contribution in [-0.2, 0) is 9.53 Å². The van der Waals surface area contributed by atoms with E-state index in [1.165, 1.54) is 0 Å². The van der Waals surface area contributed by atoms with Crippen molar-refractivity contribution in [2.24, 2.45) is 17.6 Å². The van der Waals surface area contributed by atoms with Crippen molar-refractivity contribution in [1.82, 2.24) is 5.32 Å². The molecule has 0 saturated carbocycles. The summed E-state index contributed by atoms with van der Waals surface area (Å²) in [5, 5.41) is 2.91. The molecule has 0 aliphatic carbocycles. The summed E-state index contributed by atoms with van der Waals surface area (Å²) in [7, 11) is 0. The lowest BCUT2D eigenvalue weighted by atomic mass is 9.99. The zero-order valence-electron chi connectivity index (χ0n) is 9.66. The number of nitrogens with two attached hydrogens (primary N) is 1. The first kappa shape index (κ1) is 12.5. The molecule has 0 spiro atoms. The highest BCUT2D eigenvalue weighted by Crippen LogP contribution is 2.14. The van der Waals surface area contributed by atoms with Gasteiger partial charge >= 0.3 is 0 Å². The van der Waals surface area contributed by atoms with Crippen molar-refractivity contribution in [2.75, 3.05) is 19.8 Å². The first-order chi connectivity index (χ1) is 7.11. The zero-order valence-corrected chi connectivity index (χ0v) is 9.66. The maximum atomic E-state index is 11.7. The van der Waals surface area contributed by atoms with Crippen LogP contribution in [0.25, 0.3) is 0 Å². The Balaban J connectivity index is 2.22. The highest BCUT2D eigenvalue weighted by Gasteiger charge is 2.21. The van der Waals surface area contributed by atoms with Gasteiger partial charge in [0.15, 0.2) is 0 Å². The molecule has 1 rings (SSSR count). The lowest BCUT2D eigenvalue weighted by molar-refractivity contribution is -0.127. The quantitative estimate of drug-likeness (QED) is 0.717. The molecule has 0 bridgehead atoms. The van der Waals surface area contributed by atoms with Gasteiger partial charge in [-0.25, -0.2) is 0 Å². The number of rotatable bonds is 4. The van der Waals surface area contributed by atoms with Crippen LogP contribution in [0.3, 0.4) is 0 Å². The van der Waals surface area contributed by atoms with Gasteiger partial charge in [-0.2, -0.15) is 0 Å². The molecule has 0 radical (unpaired) electrons. The lowest BCUT2D eigenvalue weighted by Gasteiger charge is -2.23. The minimum Gasteiger partial charge on any atom is -0.381 e. The normalized spacial score (nSPS) is 20.3. The lowest BCUT2D eigenvalue weighted by Crippen LogP contribution is -2.43. The van der Waals surface area contributed by atoms with Crippen LogP contribution in [0.15, 0.2) is 0 Å². The second-order valence-electron chi connectivity index (χ2n) is 4.54. The Labute approximate surface area is 91.5 Å². The molecular weight excluding hydrogens is 192 g/mol. The fraction of sp³-hybridized carbons (Fsp3) is 0.909. The van der Waals surface area contributed by atoms with E-state index in [4.69, 9.17) is 10.5 Å². The largest absolute Gasteiger partial charge is 0.381 e. The van der Waals surface area contributed by atoms with Gasteiger partial charge in [0.2, 0.25) is 5.91 Å². The third-order valence-electron chi connectivity index (χ3n) is 2.96. The topological polar surface area (TPSA) is 64.3 Å². The second kappa shape index (κ2) is 6.08. The molecule has 1 heterocycles. The van der Waals surface area contributed by atoms with Crippen molar-refractivity contribution in [2.45, 2.75) is 32.7 Å². The number of amides is 1. The van der Waals surface area contributed by atoms with Gasteiger partial charge in [0.25, 0.3) is 0 Å². The van der Waals surface area contributed by atoms with Crippen LogP contribution in [0.5, 0.6) is 0 Å². The molecule has 0 aromatic rings. The maximum Gasteiger partial charge on any atom is 0.223 e. The minimum absolute atomic E-state index is 0.0498. The van der Waals surface area contributed by atoms with Crippen molar-refractivity contribution in [1.29, 1.82) is 0 Å². The number of hydrogen-bond donors (Lipinski definition) is 2. The van der Waals surface area contributed by atoms with Gasteiger partial charge in [0.1, 0.15) is 0 Å². The molecule has 88 valence electrons. The first-order valence-corrected chi connectivity index (χ1v) is 5.72. The highest BCUT2D eigenvalue weighted by atomic mass is 16.5. The predicted octanol–water partition coefficient (Wildman–Crippen LogP) is 0.513. The van der Waals surface area contributed by atoms with Gasteiger partial charge in [-0.1, -0.05) is 13.8 Å². The number of nitrogens with one attached hydrogen (secondary N) is 1. The number of hydrogen-bond acceptors (Lipinski definition) is 3. The third-order valence-corrected chi connectivity index (χ3v) is 2.96. The molecule has 4 nitrogen and oxygen atoms in total. The van der Waals surface area contributed by atoms with Gasteiger partial charge in [0, 0.05) is 31.7 Å². The highest BCUT2D eigenvalue weighted by molar-refractivity contribution is 5.78. The van der Waals surface area contributed by atoms with Crippen molar-refractivity contribution in [3.8, 4) is 0 Å². The van der Waals surface area contributed by atoms with Gasteiger partial charge in [-0.3, -0.25) is 4.79 Å². The Bertz CT molecular complexity index is 201. The molecule has 1 unspecified atom stereocenters. The molecule has 1 saturated heterocycles. The van der Waals surface area contributed by atoms with Crippen molar-refractivity contribution in [3.05, 3.63) is 0 Å². The maximum absolute atomic E-state index is 11.7. The van der Waals surface area contributed by atoms with Gasteiger partial charge in [-0.05, 0) is 18.8 Å². The minimum atomic E-state index is 0.0498. The predicted molar refractivity (Wildman–Crippen MR) is 59.4 cm³/mol. The van der Waals surface area contributed by atoms with E-state index in [-0.39, 0.29) is 17.9 Å². The van der Waals surface area contributed by atoms with Crippen molar-refractivity contribution in [3.63, 3.8) is 0 Å². The van der Waals surface area contributed by atoms with E-state index in [0.717, 1.165) is 12.8 Å². The third kappa shape index (κ3) is 4.18. The fourth-order valence-electron chi connectivity index (χ4n) is 1.56. The van der Waals surface area contributed by atoms with E-state index in [0.29, 0.717) is 25.7 Å². The molecule has 1 aliphatic rings. The summed E-state index contributed by atoms with van der Waals surface area (Å²) in [5.41, 5.74) is 5.85. The van der Waals surface area contributed by atoms with Crippen LogP contribution in [0.1, 0.15) is 26.7 Å². The number of carbonyl (C=O) groups is 1. The first-order valence-electron chi connectivity index (χ1n) is 5.72. The summed E-state index contributed by atoms with van der Waals surface area (Å²) in [6.07, 6.45) is 1.67. The zero-order chi connectivity index (χ0) is 11.3. The Morgan fingerprint density at radius 2 is 2.07 bits per heavy atom. The molecule has 1 amide bonds. The van der Waals surface area contributed by atoms with Crippen LogP contribution in [-0.4, -0.2) is 31.7 Å². The molecule has 1 atom stereocenters. The second-order valence-corrected chi connectivity index (χ2v) is 4.54. The van der Waals surface area contributed by atoms with E-state index in [9.17, 15) is 4.79 Å². The Morgan fingerprint density at radius 1 is 1.47 bits per heavy atom. The van der Waals surface area contributed by atoms with Gasteiger partial charge in [-0.15, -0.1) is 0 Å². The van der Waals surface area contributed by atoms with E-state index < -0.39 is 0 Å². The summed E-state index contributed by atoms with van der Waals surface area (Å²) in [6, 6.07) is 0.0498. The molecule has 0 aromatic heterocycles. The molecule has 0 aromatic carbocycles. The number of carbonyl (C=O) groups excluding carboxylic acids is 1. The summed E-state index contributed by atoms with van der Waals surface area (Å²) in [5.74, 6) is 0.660. The molecule has 1 fully saturated rings. The Hall–Kier alpha value is -0.610. The SMILES string of the molecule is CC(C)C(N)CNC(=O)C1CCOCC1. The van der Waals surface area contributed by atoms with Crippen molar-refractivity contribution >= 4 is 5.91 Å². The van der Waals surface area contributed by atoms with Crippen LogP contribution >= 0.6 is 0 Å². The van der Waals surface area contributed by atoms with Crippen LogP contribution < -0.4 is 11.1 Å². The van der Waals surface area contributed by atoms with Gasteiger partial charge in [0.05, 0.1) is 0 Å². The van der Waals surface area contributed by atoms with Crippen LogP contribution in [0.4, 0.5) is 0 Å². The monoisotopic (exact) mass is 214 g/mol. The summed E-state index contributed by atoms with van der Waals surface area (Å²) < 4.78 is 5.21. The van der Waals surface area contributed by atoms with E-state index >= 15 is 0 Å². The Kier molecular flexibility index (Phi) is 5.05. The fourth-order valence-corrected chi connectivity index (χ4v) is 1.56. The van der Waals surface area contributed by atoms with Gasteiger partial charge < -0.3 is 15.8 Å². The molecular formula is C11H22N2O2. The smallest absolute Gasteiger partial charge is 0.223 e. The van der Waals surface area contributed by atoms with E-state index in [2.05, 4.69) is 19.2 Å². The summed E-state index contributed by atoms with van der Waals surface area (Å²) in [4.78, 5) is 11.7. The van der Waals surface area contributed by atoms with Crippen LogP contribution in [0, 0.1) is 11.8 Å². The van der Waals surface area contributed by atoms with E-state index in [1.54, 1.807) is 0 Å². The molecule has 3 N–H and O–H groups in total. The summed E-state index contributed by atoms with van der Waals surface area (Å²) >= 11 is 0. The number of ether oxygens (including phenoxy) is 1. The Morgan fingerprint density at radius 3 is 2.60 bits per heavy atom. The average molecular weight is 214 g/mol. The molecule has 15 heavy (non-hydrogen) atoms. The van der Waals surface area contributed by atoms with Crippen molar-refractivity contribution < 1.29 is 9.53 Å². The summed E-state index contributed by atoms with van der Waals surface area (Å²) in [6.45, 7) is 6.10. The standard InChI is InChI=1S/C11H22N2O2/c1-8(2)10(12)7-13-11(14)9-3-5-15-6-4-9/h8-10H,3-7,12H2,1-2H3,(H,13,14). The molecule has 4 heteroatoms. The average Bonchev–Trinajstić information content (AvgIpc) is 2.26. The van der Waals surface area contributed by atoms with Crippen LogP contribution in [0.2, 0.25) is 0 Å². The van der Waals surface area contributed by atoms with E-state index in [1.807, 2.05) is 0 Å². The molecule has 1 aliphatic heterocycles.